The third-order valence-corrected chi connectivity index (χ3v) is 4.04. The van der Waals surface area contributed by atoms with Crippen LogP contribution < -0.4 is 14.8 Å². The summed E-state index contributed by atoms with van der Waals surface area (Å²) in [6.45, 7) is 6.16. The van der Waals surface area contributed by atoms with E-state index in [4.69, 9.17) is 9.47 Å². The second-order valence-corrected chi connectivity index (χ2v) is 5.94. The Kier molecular flexibility index (Phi) is 5.78. The fourth-order valence-corrected chi connectivity index (χ4v) is 2.84. The first kappa shape index (κ1) is 17.2. The number of hydrogen-bond donors (Lipinski definition) is 1. The number of rotatable bonds is 8. The Bertz CT molecular complexity index is 824. The second kappa shape index (κ2) is 8.43. The quantitative estimate of drug-likeness (QED) is 0.578. The Morgan fingerprint density at radius 3 is 2.52 bits per heavy atom. The minimum atomic E-state index is 0.628. The summed E-state index contributed by atoms with van der Waals surface area (Å²) in [5.74, 6) is 1.63. The Hall–Kier alpha value is -2.68. The minimum Gasteiger partial charge on any atom is -0.490 e. The molecule has 0 radical (unpaired) electrons. The smallest absolute Gasteiger partial charge is 0.161 e. The SMILES string of the molecule is CCCOc1ccc(CNc2cccc3ccccc23)cc1OCC. The van der Waals surface area contributed by atoms with Crippen molar-refractivity contribution < 1.29 is 9.47 Å². The average molecular weight is 335 g/mol. The topological polar surface area (TPSA) is 30.5 Å². The molecule has 3 rings (SSSR count). The predicted octanol–water partition coefficient (Wildman–Crippen LogP) is 5.64. The molecule has 0 bridgehead atoms. The van der Waals surface area contributed by atoms with Crippen molar-refractivity contribution in [3.63, 3.8) is 0 Å². The van der Waals surface area contributed by atoms with Gasteiger partial charge in [-0.1, -0.05) is 49.4 Å². The van der Waals surface area contributed by atoms with Gasteiger partial charge in [-0.2, -0.15) is 0 Å². The first-order chi connectivity index (χ1) is 12.3. The van der Waals surface area contributed by atoms with E-state index in [2.05, 4.69) is 66.8 Å². The van der Waals surface area contributed by atoms with Crippen LogP contribution in [0.4, 0.5) is 5.69 Å². The van der Waals surface area contributed by atoms with Gasteiger partial charge in [-0.05, 0) is 42.5 Å². The Labute approximate surface area is 149 Å². The Morgan fingerprint density at radius 1 is 0.840 bits per heavy atom. The van der Waals surface area contributed by atoms with Gasteiger partial charge in [0.1, 0.15) is 0 Å². The van der Waals surface area contributed by atoms with Gasteiger partial charge in [0, 0.05) is 17.6 Å². The molecule has 0 saturated heterocycles. The van der Waals surface area contributed by atoms with Crippen LogP contribution in [0.15, 0.2) is 60.7 Å². The summed E-state index contributed by atoms with van der Waals surface area (Å²) in [5.41, 5.74) is 2.31. The summed E-state index contributed by atoms with van der Waals surface area (Å²) in [7, 11) is 0. The van der Waals surface area contributed by atoms with E-state index in [-0.39, 0.29) is 0 Å². The van der Waals surface area contributed by atoms with Crippen LogP contribution in [0.3, 0.4) is 0 Å². The zero-order chi connectivity index (χ0) is 17.5. The van der Waals surface area contributed by atoms with Crippen molar-refractivity contribution in [3.8, 4) is 11.5 Å². The van der Waals surface area contributed by atoms with E-state index in [1.165, 1.54) is 16.3 Å². The van der Waals surface area contributed by atoms with Gasteiger partial charge in [-0.15, -0.1) is 0 Å². The normalized spacial score (nSPS) is 10.6. The summed E-state index contributed by atoms with van der Waals surface area (Å²) in [6, 6.07) is 20.9. The maximum absolute atomic E-state index is 5.77. The molecular formula is C22H25NO2. The molecule has 130 valence electrons. The maximum Gasteiger partial charge on any atom is 0.161 e. The van der Waals surface area contributed by atoms with Crippen molar-refractivity contribution in [1.29, 1.82) is 0 Å². The predicted molar refractivity (Wildman–Crippen MR) is 105 cm³/mol. The van der Waals surface area contributed by atoms with Crippen molar-refractivity contribution >= 4 is 16.5 Å². The van der Waals surface area contributed by atoms with E-state index >= 15 is 0 Å². The largest absolute Gasteiger partial charge is 0.490 e. The number of ether oxygens (including phenoxy) is 2. The highest BCUT2D eigenvalue weighted by Gasteiger charge is 2.07. The van der Waals surface area contributed by atoms with Crippen LogP contribution in [0.1, 0.15) is 25.8 Å². The van der Waals surface area contributed by atoms with Crippen LogP contribution in [0.25, 0.3) is 10.8 Å². The zero-order valence-corrected chi connectivity index (χ0v) is 14.9. The van der Waals surface area contributed by atoms with Crippen LogP contribution in [0.2, 0.25) is 0 Å². The number of hydrogen-bond acceptors (Lipinski definition) is 3. The van der Waals surface area contributed by atoms with Gasteiger partial charge in [0.25, 0.3) is 0 Å². The van der Waals surface area contributed by atoms with E-state index in [9.17, 15) is 0 Å². The molecule has 3 aromatic rings. The van der Waals surface area contributed by atoms with Crippen molar-refractivity contribution in [3.05, 3.63) is 66.2 Å². The molecule has 0 heterocycles. The zero-order valence-electron chi connectivity index (χ0n) is 14.9. The molecule has 3 aromatic carbocycles. The molecule has 3 nitrogen and oxygen atoms in total. The summed E-state index contributed by atoms with van der Waals surface area (Å²) >= 11 is 0. The standard InChI is InChI=1S/C22H25NO2/c1-3-14-25-21-13-12-17(15-22(21)24-4-2)16-23-20-11-7-9-18-8-5-6-10-19(18)20/h5-13,15,23H,3-4,14,16H2,1-2H3. The summed E-state index contributed by atoms with van der Waals surface area (Å²) in [5, 5.41) is 6.02. The van der Waals surface area contributed by atoms with Gasteiger partial charge < -0.3 is 14.8 Å². The maximum atomic E-state index is 5.77. The molecule has 0 spiro atoms. The van der Waals surface area contributed by atoms with Crippen molar-refractivity contribution in [2.75, 3.05) is 18.5 Å². The molecule has 0 aromatic heterocycles. The second-order valence-electron chi connectivity index (χ2n) is 5.94. The molecular weight excluding hydrogens is 310 g/mol. The number of nitrogens with one attached hydrogen (secondary N) is 1. The molecule has 0 aliphatic carbocycles. The molecule has 0 atom stereocenters. The fraction of sp³-hybridized carbons (Fsp3) is 0.273. The van der Waals surface area contributed by atoms with Gasteiger partial charge in [-0.25, -0.2) is 0 Å². The van der Waals surface area contributed by atoms with Crippen molar-refractivity contribution in [2.24, 2.45) is 0 Å². The first-order valence-corrected chi connectivity index (χ1v) is 8.92. The van der Waals surface area contributed by atoms with E-state index in [1.54, 1.807) is 0 Å². The van der Waals surface area contributed by atoms with Gasteiger partial charge in [0.05, 0.1) is 13.2 Å². The van der Waals surface area contributed by atoms with Crippen LogP contribution >= 0.6 is 0 Å². The molecule has 0 fully saturated rings. The highest BCUT2D eigenvalue weighted by molar-refractivity contribution is 5.93. The average Bonchev–Trinajstić information content (AvgIpc) is 2.66. The molecule has 1 N–H and O–H groups in total. The van der Waals surface area contributed by atoms with Crippen molar-refractivity contribution in [1.82, 2.24) is 0 Å². The molecule has 0 unspecified atom stereocenters. The molecule has 25 heavy (non-hydrogen) atoms. The third-order valence-electron chi connectivity index (χ3n) is 4.04. The highest BCUT2D eigenvalue weighted by atomic mass is 16.5. The van der Waals surface area contributed by atoms with E-state index in [0.717, 1.165) is 30.2 Å². The van der Waals surface area contributed by atoms with Gasteiger partial charge in [0.2, 0.25) is 0 Å². The summed E-state index contributed by atoms with van der Waals surface area (Å²) in [6.07, 6.45) is 0.982. The van der Waals surface area contributed by atoms with E-state index in [0.29, 0.717) is 13.2 Å². The first-order valence-electron chi connectivity index (χ1n) is 8.92. The molecule has 0 aliphatic heterocycles. The van der Waals surface area contributed by atoms with Crippen LogP contribution in [-0.4, -0.2) is 13.2 Å². The van der Waals surface area contributed by atoms with Crippen LogP contribution in [0.5, 0.6) is 11.5 Å². The van der Waals surface area contributed by atoms with Gasteiger partial charge in [0.15, 0.2) is 11.5 Å². The number of benzene rings is 3. The highest BCUT2D eigenvalue weighted by Crippen LogP contribution is 2.29. The lowest BCUT2D eigenvalue weighted by Crippen LogP contribution is -2.03. The Morgan fingerprint density at radius 2 is 1.68 bits per heavy atom. The minimum absolute atomic E-state index is 0.628. The van der Waals surface area contributed by atoms with Crippen molar-refractivity contribution in [2.45, 2.75) is 26.8 Å². The number of anilines is 1. The summed E-state index contributed by atoms with van der Waals surface area (Å²) < 4.78 is 11.5. The fourth-order valence-electron chi connectivity index (χ4n) is 2.84. The lowest BCUT2D eigenvalue weighted by molar-refractivity contribution is 0.276. The number of fused-ring (bicyclic) bond motifs is 1. The third kappa shape index (κ3) is 4.24. The molecule has 0 saturated carbocycles. The summed E-state index contributed by atoms with van der Waals surface area (Å²) in [4.78, 5) is 0. The lowest BCUT2D eigenvalue weighted by Gasteiger charge is -2.14. The Balaban J connectivity index is 1.77. The molecule has 3 heteroatoms. The monoisotopic (exact) mass is 335 g/mol. The van der Waals surface area contributed by atoms with E-state index < -0.39 is 0 Å². The van der Waals surface area contributed by atoms with Gasteiger partial charge in [-0.3, -0.25) is 0 Å². The van der Waals surface area contributed by atoms with Gasteiger partial charge >= 0.3 is 0 Å². The van der Waals surface area contributed by atoms with Crippen LogP contribution in [-0.2, 0) is 6.54 Å². The van der Waals surface area contributed by atoms with E-state index in [1.807, 2.05) is 13.0 Å². The lowest BCUT2D eigenvalue weighted by atomic mass is 10.1. The molecule has 0 amide bonds. The van der Waals surface area contributed by atoms with Crippen LogP contribution in [0, 0.1) is 0 Å². The molecule has 0 aliphatic rings.